The van der Waals surface area contributed by atoms with Crippen molar-refractivity contribution in [2.45, 2.75) is 38.1 Å². The van der Waals surface area contributed by atoms with Crippen LogP contribution in [0.5, 0.6) is 0 Å². The smallest absolute Gasteiger partial charge is 0.236 e. The SMILES string of the molecule is Cc1nc(COC2CCOC3(C2)CN(C(=O)CN(C)C)C3)cs1. The quantitative estimate of drug-likeness (QED) is 0.809. The second-order valence-corrected chi connectivity index (χ2v) is 7.86. The van der Waals surface area contributed by atoms with Crippen molar-refractivity contribution < 1.29 is 14.3 Å². The van der Waals surface area contributed by atoms with Crippen LogP contribution in [0.2, 0.25) is 0 Å². The van der Waals surface area contributed by atoms with E-state index in [-0.39, 0.29) is 17.6 Å². The molecule has 3 heterocycles. The second kappa shape index (κ2) is 6.84. The monoisotopic (exact) mass is 339 g/mol. The number of hydrogen-bond acceptors (Lipinski definition) is 6. The number of aromatic nitrogens is 1. The average molecular weight is 339 g/mol. The fourth-order valence-electron chi connectivity index (χ4n) is 3.22. The molecular weight excluding hydrogens is 314 g/mol. The van der Waals surface area contributed by atoms with Gasteiger partial charge in [-0.15, -0.1) is 11.3 Å². The maximum Gasteiger partial charge on any atom is 0.236 e. The molecule has 3 rings (SSSR count). The molecule has 6 nitrogen and oxygen atoms in total. The molecule has 7 heteroatoms. The van der Waals surface area contributed by atoms with Crippen molar-refractivity contribution in [3.63, 3.8) is 0 Å². The lowest BCUT2D eigenvalue weighted by molar-refractivity contribution is -0.202. The fraction of sp³-hybridized carbons (Fsp3) is 0.750. The molecule has 0 radical (unpaired) electrons. The van der Waals surface area contributed by atoms with Gasteiger partial charge >= 0.3 is 0 Å². The van der Waals surface area contributed by atoms with Gasteiger partial charge in [-0.1, -0.05) is 0 Å². The Morgan fingerprint density at radius 2 is 2.35 bits per heavy atom. The molecule has 1 aromatic heterocycles. The first-order valence-corrected chi connectivity index (χ1v) is 8.93. The Kier molecular flexibility index (Phi) is 5.01. The van der Waals surface area contributed by atoms with Crippen molar-refractivity contribution in [2.24, 2.45) is 0 Å². The highest BCUT2D eigenvalue weighted by molar-refractivity contribution is 7.09. The van der Waals surface area contributed by atoms with E-state index in [1.54, 1.807) is 11.3 Å². The van der Waals surface area contributed by atoms with E-state index in [1.807, 2.05) is 30.8 Å². The first kappa shape index (κ1) is 16.8. The third-order valence-corrected chi connectivity index (χ3v) is 5.17. The van der Waals surface area contributed by atoms with Gasteiger partial charge in [0, 0.05) is 18.4 Å². The number of carbonyl (C=O) groups is 1. The average Bonchev–Trinajstić information content (AvgIpc) is 2.87. The topological polar surface area (TPSA) is 54.9 Å². The van der Waals surface area contributed by atoms with Crippen molar-refractivity contribution in [3.8, 4) is 0 Å². The number of carbonyl (C=O) groups excluding carboxylic acids is 1. The predicted octanol–water partition coefficient (Wildman–Crippen LogP) is 1.29. The maximum atomic E-state index is 12.0. The lowest BCUT2D eigenvalue weighted by atomic mass is 9.84. The minimum atomic E-state index is -0.192. The second-order valence-electron chi connectivity index (χ2n) is 6.80. The highest BCUT2D eigenvalue weighted by atomic mass is 32.1. The predicted molar refractivity (Wildman–Crippen MR) is 88.5 cm³/mol. The number of amides is 1. The van der Waals surface area contributed by atoms with Crippen molar-refractivity contribution in [1.82, 2.24) is 14.8 Å². The molecule has 2 fully saturated rings. The zero-order valence-electron chi connectivity index (χ0n) is 14.1. The number of likely N-dealkylation sites (N-methyl/N-ethyl adjacent to an activating group) is 1. The highest BCUT2D eigenvalue weighted by Crippen LogP contribution is 2.35. The molecule has 0 bridgehead atoms. The Bertz CT molecular complexity index is 555. The van der Waals surface area contributed by atoms with Gasteiger partial charge in [-0.2, -0.15) is 0 Å². The first-order chi connectivity index (χ1) is 11.0. The van der Waals surface area contributed by atoms with Crippen LogP contribution in [0.1, 0.15) is 23.5 Å². The van der Waals surface area contributed by atoms with E-state index in [0.717, 1.165) is 23.5 Å². The van der Waals surface area contributed by atoms with E-state index in [2.05, 4.69) is 10.4 Å². The third kappa shape index (κ3) is 4.09. The normalized spacial score (nSPS) is 23.3. The lowest BCUT2D eigenvalue weighted by Crippen LogP contribution is -2.68. The largest absolute Gasteiger partial charge is 0.372 e. The summed E-state index contributed by atoms with van der Waals surface area (Å²) in [6.07, 6.45) is 1.97. The minimum absolute atomic E-state index is 0.171. The molecule has 1 aromatic rings. The summed E-state index contributed by atoms with van der Waals surface area (Å²) in [6.45, 7) is 5.11. The number of aryl methyl sites for hydroxylation is 1. The number of hydrogen-bond donors (Lipinski definition) is 0. The van der Waals surface area contributed by atoms with Crippen LogP contribution in [0.3, 0.4) is 0 Å². The lowest BCUT2D eigenvalue weighted by Gasteiger charge is -2.53. The van der Waals surface area contributed by atoms with Crippen LogP contribution in [-0.2, 0) is 20.9 Å². The molecule has 1 amide bonds. The van der Waals surface area contributed by atoms with Crippen LogP contribution < -0.4 is 0 Å². The summed E-state index contributed by atoms with van der Waals surface area (Å²) >= 11 is 1.65. The zero-order valence-corrected chi connectivity index (χ0v) is 14.9. The van der Waals surface area contributed by atoms with Gasteiger partial charge < -0.3 is 19.3 Å². The van der Waals surface area contributed by atoms with Crippen LogP contribution in [-0.4, -0.2) is 72.7 Å². The Morgan fingerprint density at radius 1 is 1.57 bits per heavy atom. The van der Waals surface area contributed by atoms with Crippen molar-refractivity contribution in [1.29, 1.82) is 0 Å². The van der Waals surface area contributed by atoms with Crippen LogP contribution >= 0.6 is 11.3 Å². The van der Waals surface area contributed by atoms with Gasteiger partial charge in [-0.3, -0.25) is 4.79 Å². The Labute approximate surface area is 141 Å². The number of rotatable bonds is 5. The molecule has 0 saturated carbocycles. The standard InChI is InChI=1S/C16H25N3O3S/c1-12-17-13(9-23-12)8-21-14-4-5-22-16(6-14)10-19(11-16)15(20)7-18(2)3/h9,14H,4-8,10-11H2,1-3H3. The van der Waals surface area contributed by atoms with Gasteiger partial charge in [0.1, 0.15) is 5.60 Å². The number of thiazole rings is 1. The molecular formula is C16H25N3O3S. The van der Waals surface area contributed by atoms with Crippen molar-refractivity contribution in [2.75, 3.05) is 40.3 Å². The molecule has 2 aliphatic rings. The van der Waals surface area contributed by atoms with E-state index in [4.69, 9.17) is 9.47 Å². The summed E-state index contributed by atoms with van der Waals surface area (Å²) in [5, 5.41) is 3.12. The molecule has 0 aliphatic carbocycles. The van der Waals surface area contributed by atoms with E-state index in [0.29, 0.717) is 32.8 Å². The van der Waals surface area contributed by atoms with E-state index < -0.39 is 0 Å². The number of likely N-dealkylation sites (tertiary alicyclic amines) is 1. The third-order valence-electron chi connectivity index (χ3n) is 4.34. The molecule has 128 valence electrons. The van der Waals surface area contributed by atoms with Crippen LogP contribution in [0, 0.1) is 6.92 Å². The maximum absolute atomic E-state index is 12.0. The summed E-state index contributed by atoms with van der Waals surface area (Å²) in [5.74, 6) is 0.171. The van der Waals surface area contributed by atoms with Gasteiger partial charge in [0.2, 0.25) is 5.91 Å². The van der Waals surface area contributed by atoms with Gasteiger partial charge in [-0.25, -0.2) is 4.98 Å². The van der Waals surface area contributed by atoms with E-state index >= 15 is 0 Å². The van der Waals surface area contributed by atoms with Crippen LogP contribution in [0.15, 0.2) is 5.38 Å². The molecule has 0 aromatic carbocycles. The molecule has 23 heavy (non-hydrogen) atoms. The van der Waals surface area contributed by atoms with Gasteiger partial charge in [0.15, 0.2) is 0 Å². The van der Waals surface area contributed by atoms with Gasteiger partial charge in [-0.05, 0) is 27.4 Å². The highest BCUT2D eigenvalue weighted by Gasteiger charge is 2.49. The Hall–Kier alpha value is -1.02. The van der Waals surface area contributed by atoms with Gasteiger partial charge in [0.05, 0.1) is 43.0 Å². The Balaban J connectivity index is 1.46. The summed E-state index contributed by atoms with van der Waals surface area (Å²) in [5.41, 5.74) is 0.813. The molecule has 1 spiro atoms. The molecule has 0 N–H and O–H groups in total. The summed E-state index contributed by atoms with van der Waals surface area (Å²) in [6, 6.07) is 0. The molecule has 2 aliphatic heterocycles. The molecule has 1 unspecified atom stereocenters. The summed E-state index contributed by atoms with van der Waals surface area (Å²) < 4.78 is 12.0. The van der Waals surface area contributed by atoms with Crippen LogP contribution in [0.25, 0.3) is 0 Å². The van der Waals surface area contributed by atoms with E-state index in [9.17, 15) is 4.79 Å². The van der Waals surface area contributed by atoms with E-state index in [1.165, 1.54) is 0 Å². The Morgan fingerprint density at radius 3 is 3.00 bits per heavy atom. The number of ether oxygens (including phenoxy) is 2. The molecule has 2 saturated heterocycles. The van der Waals surface area contributed by atoms with Gasteiger partial charge in [0.25, 0.3) is 0 Å². The summed E-state index contributed by atoms with van der Waals surface area (Å²) in [4.78, 5) is 20.3. The first-order valence-electron chi connectivity index (χ1n) is 8.05. The zero-order chi connectivity index (χ0) is 16.4. The van der Waals surface area contributed by atoms with Crippen molar-refractivity contribution in [3.05, 3.63) is 16.1 Å². The number of nitrogens with zero attached hydrogens (tertiary/aromatic N) is 3. The minimum Gasteiger partial charge on any atom is -0.372 e. The van der Waals surface area contributed by atoms with Crippen LogP contribution in [0.4, 0.5) is 0 Å². The fourth-order valence-corrected chi connectivity index (χ4v) is 3.82. The molecule has 1 atom stereocenters. The van der Waals surface area contributed by atoms with Crippen molar-refractivity contribution >= 4 is 17.2 Å². The summed E-state index contributed by atoms with van der Waals surface area (Å²) in [7, 11) is 3.82.